The summed E-state index contributed by atoms with van der Waals surface area (Å²) in [6, 6.07) is 17.0. The number of hydrogen-bond donors (Lipinski definition) is 3. The lowest BCUT2D eigenvalue weighted by molar-refractivity contribution is 0.237. The SMILES string of the molecule is NC1CN(c2cncc(-c3ccc4[nH]nc(-c5cc6c(-c7cc(F)cc(OCCN8CCCC8)c7)cccc6[nH]5)c4n3)n2)C1. The first-order valence-corrected chi connectivity index (χ1v) is 15.0. The van der Waals surface area contributed by atoms with Gasteiger partial charge in [0.2, 0.25) is 0 Å². The number of nitrogens with two attached hydrogens (primary N) is 1. The summed E-state index contributed by atoms with van der Waals surface area (Å²) in [4.78, 5) is 22.1. The summed E-state index contributed by atoms with van der Waals surface area (Å²) in [5.74, 6) is 0.996. The van der Waals surface area contributed by atoms with Crippen LogP contribution in [0.15, 0.2) is 67.0 Å². The van der Waals surface area contributed by atoms with Crippen LogP contribution in [-0.4, -0.2) is 80.4 Å². The van der Waals surface area contributed by atoms with Crippen molar-refractivity contribution in [3.05, 3.63) is 72.8 Å². The lowest BCUT2D eigenvalue weighted by atomic mass is 10.0. The Morgan fingerprint density at radius 2 is 1.84 bits per heavy atom. The fraction of sp³-hybridized carbons (Fsp3) is 0.273. The molecule has 2 aliphatic heterocycles. The van der Waals surface area contributed by atoms with E-state index in [1.165, 1.54) is 18.9 Å². The predicted molar refractivity (Wildman–Crippen MR) is 169 cm³/mol. The highest BCUT2D eigenvalue weighted by Crippen LogP contribution is 2.36. The molecule has 6 heterocycles. The van der Waals surface area contributed by atoms with Crippen LogP contribution in [0.5, 0.6) is 5.75 Å². The number of fused-ring (bicyclic) bond motifs is 2. The molecule has 222 valence electrons. The fourth-order valence-corrected chi connectivity index (χ4v) is 6.20. The minimum Gasteiger partial charge on any atom is -0.492 e. The number of nitrogens with one attached hydrogen (secondary N) is 2. The van der Waals surface area contributed by atoms with Gasteiger partial charge in [-0.25, -0.2) is 14.4 Å². The zero-order valence-corrected chi connectivity index (χ0v) is 24.1. The third-order valence-electron chi connectivity index (χ3n) is 8.50. The second-order valence-corrected chi connectivity index (χ2v) is 11.6. The Labute approximate surface area is 253 Å². The van der Waals surface area contributed by atoms with Crippen molar-refractivity contribution < 1.29 is 9.13 Å². The number of halogens is 1. The van der Waals surface area contributed by atoms with Crippen LogP contribution in [0.1, 0.15) is 12.8 Å². The summed E-state index contributed by atoms with van der Waals surface area (Å²) in [5, 5.41) is 8.66. The molecule has 44 heavy (non-hydrogen) atoms. The van der Waals surface area contributed by atoms with Crippen LogP contribution in [0.4, 0.5) is 10.2 Å². The standard InChI is InChI=1S/C33H32FN9O/c34-21-12-20(13-23(14-21)44-11-10-42-8-1-2-9-42)24-4-3-5-26-25(24)15-29(37-26)33-32-28(40-41-33)7-6-27(39-32)30-16-36-17-31(38-30)43-18-22(35)19-43/h3-7,12-17,22,37H,1-2,8-11,18-19,35H2,(H,40,41). The molecule has 0 atom stereocenters. The van der Waals surface area contributed by atoms with Crippen molar-refractivity contribution in [3.63, 3.8) is 0 Å². The second kappa shape index (κ2) is 11.0. The van der Waals surface area contributed by atoms with Crippen LogP contribution in [0, 0.1) is 5.82 Å². The Morgan fingerprint density at radius 1 is 0.955 bits per heavy atom. The van der Waals surface area contributed by atoms with Gasteiger partial charge in [0, 0.05) is 42.6 Å². The van der Waals surface area contributed by atoms with E-state index in [-0.39, 0.29) is 11.9 Å². The van der Waals surface area contributed by atoms with Crippen LogP contribution in [0.25, 0.3) is 55.8 Å². The maximum atomic E-state index is 14.8. The minimum absolute atomic E-state index is 0.168. The van der Waals surface area contributed by atoms with E-state index in [1.54, 1.807) is 18.5 Å². The molecule has 10 nitrogen and oxygen atoms in total. The summed E-state index contributed by atoms with van der Waals surface area (Å²) in [6.07, 6.45) is 5.93. The van der Waals surface area contributed by atoms with Crippen LogP contribution in [0.3, 0.4) is 0 Å². The molecule has 0 radical (unpaired) electrons. The lowest BCUT2D eigenvalue weighted by Crippen LogP contribution is -2.56. The largest absolute Gasteiger partial charge is 0.492 e. The van der Waals surface area contributed by atoms with Crippen LogP contribution < -0.4 is 15.4 Å². The lowest BCUT2D eigenvalue weighted by Gasteiger charge is -2.37. The maximum absolute atomic E-state index is 14.8. The van der Waals surface area contributed by atoms with Crippen molar-refractivity contribution in [2.75, 3.05) is 44.2 Å². The van der Waals surface area contributed by atoms with Crippen molar-refractivity contribution in [1.82, 2.24) is 35.0 Å². The number of anilines is 1. The average Bonchev–Trinajstić information content (AvgIpc) is 3.78. The number of rotatable bonds is 8. The molecule has 6 aromatic rings. The molecule has 0 unspecified atom stereocenters. The Bertz CT molecular complexity index is 1970. The number of hydrogen-bond acceptors (Lipinski definition) is 8. The number of aromatic nitrogens is 6. The Hall–Kier alpha value is -4.87. The summed E-state index contributed by atoms with van der Waals surface area (Å²) < 4.78 is 20.8. The van der Waals surface area contributed by atoms with Gasteiger partial charge in [0.25, 0.3) is 0 Å². The zero-order chi connectivity index (χ0) is 29.6. The maximum Gasteiger partial charge on any atom is 0.147 e. The van der Waals surface area contributed by atoms with E-state index in [0.717, 1.165) is 71.8 Å². The van der Waals surface area contributed by atoms with Crippen molar-refractivity contribution in [2.45, 2.75) is 18.9 Å². The molecule has 4 aromatic heterocycles. The molecule has 0 saturated carbocycles. The van der Waals surface area contributed by atoms with E-state index in [9.17, 15) is 4.39 Å². The molecule has 2 saturated heterocycles. The molecule has 0 bridgehead atoms. The van der Waals surface area contributed by atoms with E-state index >= 15 is 0 Å². The Kier molecular flexibility index (Phi) is 6.68. The van der Waals surface area contributed by atoms with Gasteiger partial charge < -0.3 is 20.4 Å². The molecule has 11 heteroatoms. The van der Waals surface area contributed by atoms with Crippen LogP contribution >= 0.6 is 0 Å². The minimum atomic E-state index is -0.328. The van der Waals surface area contributed by atoms with Gasteiger partial charge in [0.15, 0.2) is 0 Å². The first-order chi connectivity index (χ1) is 21.6. The van der Waals surface area contributed by atoms with E-state index in [2.05, 4.69) is 30.0 Å². The van der Waals surface area contributed by atoms with Gasteiger partial charge >= 0.3 is 0 Å². The first-order valence-electron chi connectivity index (χ1n) is 15.0. The predicted octanol–water partition coefficient (Wildman–Crippen LogP) is 4.99. The number of likely N-dealkylation sites (tertiary alicyclic amines) is 1. The van der Waals surface area contributed by atoms with Gasteiger partial charge in [-0.05, 0) is 73.5 Å². The van der Waals surface area contributed by atoms with Gasteiger partial charge in [-0.1, -0.05) is 12.1 Å². The highest BCUT2D eigenvalue weighted by molar-refractivity contribution is 6.00. The molecule has 8 rings (SSSR count). The molecular weight excluding hydrogens is 557 g/mol. The average molecular weight is 590 g/mol. The molecule has 0 spiro atoms. The van der Waals surface area contributed by atoms with E-state index in [1.807, 2.05) is 42.5 Å². The smallest absolute Gasteiger partial charge is 0.147 e. The highest BCUT2D eigenvalue weighted by Gasteiger charge is 2.25. The van der Waals surface area contributed by atoms with E-state index in [0.29, 0.717) is 35.0 Å². The van der Waals surface area contributed by atoms with Gasteiger partial charge in [-0.3, -0.25) is 15.0 Å². The summed E-state index contributed by atoms with van der Waals surface area (Å²) in [6.45, 7) is 5.12. The van der Waals surface area contributed by atoms with Crippen molar-refractivity contribution in [2.24, 2.45) is 5.73 Å². The molecule has 2 fully saturated rings. The molecule has 2 aliphatic rings. The molecule has 0 aliphatic carbocycles. The molecule has 4 N–H and O–H groups in total. The molecule has 2 aromatic carbocycles. The van der Waals surface area contributed by atoms with Crippen LogP contribution in [0.2, 0.25) is 0 Å². The number of aromatic amines is 2. The summed E-state index contributed by atoms with van der Waals surface area (Å²) in [5.41, 5.74) is 12.9. The number of H-pyrrole nitrogens is 2. The first kappa shape index (κ1) is 26.7. The molecule has 0 amide bonds. The number of pyridine rings is 1. The Balaban J connectivity index is 1.11. The van der Waals surface area contributed by atoms with E-state index < -0.39 is 0 Å². The molecular formula is C33H32FN9O. The third-order valence-corrected chi connectivity index (χ3v) is 8.50. The van der Waals surface area contributed by atoms with Gasteiger partial charge in [0.1, 0.15) is 40.9 Å². The van der Waals surface area contributed by atoms with Gasteiger partial charge in [-0.2, -0.15) is 5.10 Å². The monoisotopic (exact) mass is 589 g/mol. The van der Waals surface area contributed by atoms with Gasteiger partial charge in [-0.15, -0.1) is 0 Å². The van der Waals surface area contributed by atoms with Gasteiger partial charge in [0.05, 0.1) is 29.3 Å². The quantitative estimate of drug-likeness (QED) is 0.227. The van der Waals surface area contributed by atoms with Crippen LogP contribution in [-0.2, 0) is 0 Å². The third kappa shape index (κ3) is 5.03. The Morgan fingerprint density at radius 3 is 2.70 bits per heavy atom. The fourth-order valence-electron chi connectivity index (χ4n) is 6.20. The van der Waals surface area contributed by atoms with E-state index in [4.69, 9.17) is 20.4 Å². The topological polar surface area (TPSA) is 125 Å². The summed E-state index contributed by atoms with van der Waals surface area (Å²) >= 11 is 0. The van der Waals surface area contributed by atoms with Crippen molar-refractivity contribution in [3.8, 4) is 39.7 Å². The second-order valence-electron chi connectivity index (χ2n) is 11.6. The van der Waals surface area contributed by atoms with Crippen molar-refractivity contribution >= 4 is 27.8 Å². The number of nitrogens with zero attached hydrogens (tertiary/aromatic N) is 6. The number of ether oxygens (including phenoxy) is 1. The normalized spacial score (nSPS) is 15.8. The highest BCUT2D eigenvalue weighted by atomic mass is 19.1. The zero-order valence-electron chi connectivity index (χ0n) is 24.1. The van der Waals surface area contributed by atoms with Crippen molar-refractivity contribution in [1.29, 1.82) is 0 Å². The number of benzene rings is 2. The summed E-state index contributed by atoms with van der Waals surface area (Å²) in [7, 11) is 0.